The molecule has 0 aliphatic heterocycles. The monoisotopic (exact) mass is 648 g/mol. The Morgan fingerprint density at radius 1 is 0.791 bits per heavy atom. The van der Waals surface area contributed by atoms with E-state index in [1.54, 1.807) is 35.6 Å². The van der Waals surface area contributed by atoms with E-state index in [0.717, 1.165) is 29.7 Å². The van der Waals surface area contributed by atoms with Gasteiger partial charge in [-0.05, 0) is 73.5 Å². The van der Waals surface area contributed by atoms with Crippen molar-refractivity contribution in [3.8, 4) is 0 Å². The standard InChI is InChI=1S/C17H24N2OS.2C7H8O3S/c1-2-15-8-14(12-21-15)10-19-11-17(20)16(18)9-13-6-4-3-5-7-13;2*1-6-2-4-7(5-3-6)11(8,9)10/h3-8,12,16-17,19-20H,2,9-11,18H2,1H3;2*2-5H,1H3,(H,8,9,10)/t16-,17+;;/m0../s1. The highest BCUT2D eigenvalue weighted by Gasteiger charge is 2.15. The van der Waals surface area contributed by atoms with E-state index in [0.29, 0.717) is 13.0 Å². The van der Waals surface area contributed by atoms with Crippen LogP contribution in [0.1, 0.15) is 34.1 Å². The molecule has 6 N–H and O–H groups in total. The van der Waals surface area contributed by atoms with Crippen LogP contribution in [-0.2, 0) is 39.6 Å². The van der Waals surface area contributed by atoms with Crippen LogP contribution in [0.3, 0.4) is 0 Å². The van der Waals surface area contributed by atoms with Gasteiger partial charge in [-0.25, -0.2) is 0 Å². The van der Waals surface area contributed by atoms with Gasteiger partial charge in [0.15, 0.2) is 0 Å². The Kier molecular flexibility index (Phi) is 14.7. The van der Waals surface area contributed by atoms with Crippen molar-refractivity contribution in [2.75, 3.05) is 6.54 Å². The fourth-order valence-corrected chi connectivity index (χ4v) is 5.46. The minimum atomic E-state index is -4.02. The van der Waals surface area contributed by atoms with Gasteiger partial charge in [-0.15, -0.1) is 11.3 Å². The zero-order chi connectivity index (χ0) is 32.0. The van der Waals surface area contributed by atoms with Gasteiger partial charge in [-0.2, -0.15) is 16.8 Å². The smallest absolute Gasteiger partial charge is 0.294 e. The number of aliphatic hydroxyl groups is 1. The van der Waals surface area contributed by atoms with Crippen molar-refractivity contribution in [3.63, 3.8) is 0 Å². The first kappa shape index (κ1) is 36.3. The van der Waals surface area contributed by atoms with Gasteiger partial charge in [-0.1, -0.05) is 72.6 Å². The molecule has 0 amide bonds. The molecular weight excluding hydrogens is 609 g/mol. The summed E-state index contributed by atoms with van der Waals surface area (Å²) in [7, 11) is -8.04. The third kappa shape index (κ3) is 13.9. The SMILES string of the molecule is CCc1cc(CNC[C@@H](O)[C@@H](N)Cc2ccccc2)cs1.Cc1ccc(S(=O)(=O)O)cc1.Cc1ccc(S(=O)(=O)O)cc1. The summed E-state index contributed by atoms with van der Waals surface area (Å²) in [6.07, 6.45) is 1.24. The lowest BCUT2D eigenvalue weighted by Crippen LogP contribution is -2.42. The summed E-state index contributed by atoms with van der Waals surface area (Å²) < 4.78 is 59.1. The topological polar surface area (TPSA) is 167 Å². The normalized spacial score (nSPS) is 12.7. The van der Waals surface area contributed by atoms with Crippen LogP contribution in [0, 0.1) is 13.8 Å². The third-order valence-corrected chi connectivity index (χ3v) is 9.05. The molecule has 9 nitrogen and oxygen atoms in total. The van der Waals surface area contributed by atoms with Gasteiger partial charge < -0.3 is 16.2 Å². The number of aliphatic hydroxyl groups excluding tert-OH is 1. The number of hydrogen-bond acceptors (Lipinski definition) is 8. The largest absolute Gasteiger partial charge is 0.390 e. The van der Waals surface area contributed by atoms with E-state index in [9.17, 15) is 21.9 Å². The average molecular weight is 649 g/mol. The summed E-state index contributed by atoms with van der Waals surface area (Å²) in [6, 6.07) is 24.0. The number of nitrogens with two attached hydrogens (primary N) is 1. The Morgan fingerprint density at radius 2 is 1.28 bits per heavy atom. The van der Waals surface area contributed by atoms with Crippen LogP contribution in [0.15, 0.2) is 100 Å². The van der Waals surface area contributed by atoms with Crippen LogP contribution in [0.5, 0.6) is 0 Å². The minimum Gasteiger partial charge on any atom is -0.390 e. The molecule has 4 aromatic rings. The molecule has 0 aliphatic carbocycles. The highest BCUT2D eigenvalue weighted by Crippen LogP contribution is 2.15. The van der Waals surface area contributed by atoms with Crippen LogP contribution < -0.4 is 11.1 Å². The number of rotatable bonds is 10. The van der Waals surface area contributed by atoms with Gasteiger partial charge in [0.25, 0.3) is 20.2 Å². The molecule has 12 heteroatoms. The van der Waals surface area contributed by atoms with E-state index in [4.69, 9.17) is 14.8 Å². The lowest BCUT2D eigenvalue weighted by molar-refractivity contribution is 0.141. The van der Waals surface area contributed by atoms with E-state index in [1.165, 1.54) is 34.7 Å². The maximum Gasteiger partial charge on any atom is 0.294 e. The van der Waals surface area contributed by atoms with Crippen molar-refractivity contribution in [1.29, 1.82) is 0 Å². The molecule has 0 spiro atoms. The van der Waals surface area contributed by atoms with E-state index >= 15 is 0 Å². The first-order chi connectivity index (χ1) is 20.2. The van der Waals surface area contributed by atoms with Gasteiger partial charge in [0.2, 0.25) is 0 Å². The van der Waals surface area contributed by atoms with E-state index in [2.05, 4.69) is 23.7 Å². The van der Waals surface area contributed by atoms with Crippen LogP contribution >= 0.6 is 11.3 Å². The Hall–Kier alpha value is -2.94. The Labute approximate surface area is 258 Å². The molecule has 0 bridgehead atoms. The van der Waals surface area contributed by atoms with Gasteiger partial charge in [-0.3, -0.25) is 9.11 Å². The summed E-state index contributed by atoms with van der Waals surface area (Å²) in [6.45, 7) is 7.15. The van der Waals surface area contributed by atoms with Gasteiger partial charge in [0.1, 0.15) is 0 Å². The first-order valence-electron chi connectivity index (χ1n) is 13.5. The van der Waals surface area contributed by atoms with Gasteiger partial charge >= 0.3 is 0 Å². The first-order valence-corrected chi connectivity index (χ1v) is 17.3. The van der Waals surface area contributed by atoms with E-state index < -0.39 is 26.3 Å². The molecule has 43 heavy (non-hydrogen) atoms. The molecule has 1 aromatic heterocycles. The quantitative estimate of drug-likeness (QED) is 0.152. The third-order valence-electron chi connectivity index (χ3n) is 6.19. The lowest BCUT2D eigenvalue weighted by atomic mass is 10.0. The average Bonchev–Trinajstić information content (AvgIpc) is 3.42. The predicted octanol–water partition coefficient (Wildman–Crippen LogP) is 4.81. The fourth-order valence-electron chi connectivity index (χ4n) is 3.66. The maximum absolute atomic E-state index is 10.5. The molecule has 0 aliphatic rings. The van der Waals surface area contributed by atoms with E-state index in [-0.39, 0.29) is 15.8 Å². The highest BCUT2D eigenvalue weighted by molar-refractivity contribution is 7.86. The van der Waals surface area contributed by atoms with Crippen LogP contribution in [0.2, 0.25) is 0 Å². The number of aryl methyl sites for hydroxylation is 3. The van der Waals surface area contributed by atoms with Crippen molar-refractivity contribution in [3.05, 3.63) is 117 Å². The van der Waals surface area contributed by atoms with Crippen LogP contribution in [0.25, 0.3) is 0 Å². The number of thiophene rings is 1. The Morgan fingerprint density at radius 3 is 1.70 bits per heavy atom. The second kappa shape index (κ2) is 17.4. The summed E-state index contributed by atoms with van der Waals surface area (Å²) >= 11 is 1.79. The van der Waals surface area contributed by atoms with Gasteiger partial charge in [0.05, 0.1) is 15.9 Å². The number of hydrogen-bond donors (Lipinski definition) is 5. The van der Waals surface area contributed by atoms with Crippen LogP contribution in [0.4, 0.5) is 0 Å². The molecule has 234 valence electrons. The zero-order valence-corrected chi connectivity index (χ0v) is 26.9. The molecule has 0 radical (unpaired) electrons. The summed E-state index contributed by atoms with van der Waals surface area (Å²) in [5, 5.41) is 15.6. The van der Waals surface area contributed by atoms with E-state index in [1.807, 2.05) is 44.2 Å². The molecule has 0 unspecified atom stereocenters. The Balaban J connectivity index is 0.000000247. The fraction of sp³-hybridized carbons (Fsp3) is 0.290. The lowest BCUT2D eigenvalue weighted by Gasteiger charge is -2.19. The summed E-state index contributed by atoms with van der Waals surface area (Å²) in [5.74, 6) is 0. The second-order valence-electron chi connectivity index (χ2n) is 9.90. The molecule has 4 rings (SSSR count). The van der Waals surface area contributed by atoms with Crippen molar-refractivity contribution in [2.24, 2.45) is 5.73 Å². The second-order valence-corrected chi connectivity index (χ2v) is 13.7. The van der Waals surface area contributed by atoms with Crippen molar-refractivity contribution < 1.29 is 31.0 Å². The number of nitrogens with one attached hydrogen (secondary N) is 1. The molecule has 0 saturated carbocycles. The van der Waals surface area contributed by atoms with Crippen molar-refractivity contribution >= 4 is 31.6 Å². The maximum atomic E-state index is 10.5. The van der Waals surface area contributed by atoms with Gasteiger partial charge in [0, 0.05) is 24.0 Å². The summed E-state index contributed by atoms with van der Waals surface area (Å²) in [5.41, 5.74) is 10.4. The minimum absolute atomic E-state index is 0.0666. The molecule has 1 heterocycles. The molecule has 0 saturated heterocycles. The van der Waals surface area contributed by atoms with Crippen LogP contribution in [-0.4, -0.2) is 49.7 Å². The summed E-state index contributed by atoms with van der Waals surface area (Å²) in [4.78, 5) is 1.26. The van der Waals surface area contributed by atoms with Crippen molar-refractivity contribution in [2.45, 2.75) is 62.1 Å². The number of benzene rings is 3. The predicted molar refractivity (Wildman–Crippen MR) is 172 cm³/mol. The highest BCUT2D eigenvalue weighted by atomic mass is 32.2. The Bertz CT molecular complexity index is 1520. The van der Waals surface area contributed by atoms with Crippen molar-refractivity contribution in [1.82, 2.24) is 5.32 Å². The molecule has 2 atom stereocenters. The molecule has 0 fully saturated rings. The zero-order valence-electron chi connectivity index (χ0n) is 24.4. The molecule has 3 aromatic carbocycles. The molecular formula is C31H40N2O7S3.